The number of amides is 2. The monoisotopic (exact) mass is 376 g/mol. The molecule has 0 aliphatic heterocycles. The zero-order valence-electron chi connectivity index (χ0n) is 16.3. The van der Waals surface area contributed by atoms with Crippen LogP contribution in [0.2, 0.25) is 0 Å². The molecule has 0 fully saturated rings. The van der Waals surface area contributed by atoms with E-state index in [1.807, 2.05) is 75.4 Å². The lowest BCUT2D eigenvalue weighted by atomic mass is 10.1. The standard InChI is InChI=1S/C23H24N2O3/c1-15-11-16(2)23(17(3)12-15)25-21(26)13-24-22(27)14-28-20-10-6-8-18-7-4-5-9-19(18)20/h4-12H,13-14H2,1-3H3,(H,24,27)(H,25,26). The van der Waals surface area contributed by atoms with Gasteiger partial charge in [-0.25, -0.2) is 0 Å². The van der Waals surface area contributed by atoms with E-state index in [9.17, 15) is 9.59 Å². The molecule has 0 aromatic heterocycles. The van der Waals surface area contributed by atoms with Crippen molar-refractivity contribution < 1.29 is 14.3 Å². The number of aryl methyl sites for hydroxylation is 3. The summed E-state index contributed by atoms with van der Waals surface area (Å²) in [7, 11) is 0. The first-order chi connectivity index (χ1) is 13.4. The maximum absolute atomic E-state index is 12.2. The highest BCUT2D eigenvalue weighted by molar-refractivity contribution is 5.96. The Morgan fingerprint density at radius 1 is 0.893 bits per heavy atom. The van der Waals surface area contributed by atoms with Crippen LogP contribution < -0.4 is 15.4 Å². The van der Waals surface area contributed by atoms with E-state index < -0.39 is 0 Å². The number of nitrogens with one attached hydrogen (secondary N) is 2. The summed E-state index contributed by atoms with van der Waals surface area (Å²) in [5.74, 6) is 0.0256. The lowest BCUT2D eigenvalue weighted by Crippen LogP contribution is -2.36. The molecule has 0 radical (unpaired) electrons. The van der Waals surface area contributed by atoms with Crippen molar-refractivity contribution in [3.8, 4) is 5.75 Å². The van der Waals surface area contributed by atoms with Gasteiger partial charge >= 0.3 is 0 Å². The minimum Gasteiger partial charge on any atom is -0.483 e. The van der Waals surface area contributed by atoms with Crippen molar-refractivity contribution in [2.24, 2.45) is 0 Å². The molecule has 0 heterocycles. The van der Waals surface area contributed by atoms with Crippen molar-refractivity contribution in [1.82, 2.24) is 5.32 Å². The van der Waals surface area contributed by atoms with Gasteiger partial charge < -0.3 is 15.4 Å². The average Bonchev–Trinajstić information content (AvgIpc) is 2.67. The van der Waals surface area contributed by atoms with Gasteiger partial charge in [-0.3, -0.25) is 9.59 Å². The molecule has 2 N–H and O–H groups in total. The molecule has 3 aromatic rings. The highest BCUT2D eigenvalue weighted by Gasteiger charge is 2.11. The molecular formula is C23H24N2O3. The van der Waals surface area contributed by atoms with Gasteiger partial charge in [-0.1, -0.05) is 54.1 Å². The van der Waals surface area contributed by atoms with Crippen LogP contribution >= 0.6 is 0 Å². The highest BCUT2D eigenvalue weighted by atomic mass is 16.5. The molecule has 144 valence electrons. The zero-order chi connectivity index (χ0) is 20.1. The third kappa shape index (κ3) is 4.68. The van der Waals surface area contributed by atoms with Gasteiger partial charge in [0.05, 0.1) is 6.54 Å². The number of hydrogen-bond acceptors (Lipinski definition) is 3. The molecule has 28 heavy (non-hydrogen) atoms. The summed E-state index contributed by atoms with van der Waals surface area (Å²) in [6, 6.07) is 17.5. The number of anilines is 1. The van der Waals surface area contributed by atoms with Crippen molar-refractivity contribution >= 4 is 28.3 Å². The van der Waals surface area contributed by atoms with Crippen molar-refractivity contribution in [2.45, 2.75) is 20.8 Å². The second-order valence-corrected chi connectivity index (χ2v) is 6.86. The highest BCUT2D eigenvalue weighted by Crippen LogP contribution is 2.25. The topological polar surface area (TPSA) is 67.4 Å². The lowest BCUT2D eigenvalue weighted by Gasteiger charge is -2.13. The summed E-state index contributed by atoms with van der Waals surface area (Å²) >= 11 is 0. The third-order valence-electron chi connectivity index (χ3n) is 4.50. The molecule has 0 spiro atoms. The third-order valence-corrected chi connectivity index (χ3v) is 4.50. The Morgan fingerprint density at radius 2 is 1.57 bits per heavy atom. The molecule has 0 unspecified atom stereocenters. The molecule has 0 aliphatic carbocycles. The zero-order valence-corrected chi connectivity index (χ0v) is 16.3. The lowest BCUT2D eigenvalue weighted by molar-refractivity contribution is -0.125. The quantitative estimate of drug-likeness (QED) is 0.686. The molecule has 0 aliphatic rings. The van der Waals surface area contributed by atoms with Crippen LogP contribution in [0.15, 0.2) is 54.6 Å². The first-order valence-corrected chi connectivity index (χ1v) is 9.19. The van der Waals surface area contributed by atoms with E-state index in [1.54, 1.807) is 0 Å². The van der Waals surface area contributed by atoms with Crippen LogP contribution in [0, 0.1) is 20.8 Å². The molecule has 0 bridgehead atoms. The summed E-state index contributed by atoms with van der Waals surface area (Å²) in [6.45, 7) is 5.66. The molecule has 0 saturated carbocycles. The minimum absolute atomic E-state index is 0.107. The number of benzene rings is 3. The van der Waals surface area contributed by atoms with Crippen LogP contribution in [-0.4, -0.2) is 25.0 Å². The summed E-state index contributed by atoms with van der Waals surface area (Å²) in [5.41, 5.74) is 3.93. The van der Waals surface area contributed by atoms with E-state index >= 15 is 0 Å². The van der Waals surface area contributed by atoms with Crippen LogP contribution in [0.1, 0.15) is 16.7 Å². The Bertz CT molecular complexity index is 999. The second kappa shape index (κ2) is 8.57. The second-order valence-electron chi connectivity index (χ2n) is 6.86. The SMILES string of the molecule is Cc1cc(C)c(NC(=O)CNC(=O)COc2cccc3ccccc23)c(C)c1. The summed E-state index contributed by atoms with van der Waals surface area (Å²) in [5, 5.41) is 7.45. The molecule has 2 amide bonds. The maximum Gasteiger partial charge on any atom is 0.258 e. The Hall–Kier alpha value is -3.34. The van der Waals surface area contributed by atoms with E-state index in [4.69, 9.17) is 4.74 Å². The van der Waals surface area contributed by atoms with E-state index in [2.05, 4.69) is 10.6 Å². The number of fused-ring (bicyclic) bond motifs is 1. The Balaban J connectivity index is 1.52. The normalized spacial score (nSPS) is 10.5. The van der Waals surface area contributed by atoms with Gasteiger partial charge in [-0.2, -0.15) is 0 Å². The fourth-order valence-electron chi connectivity index (χ4n) is 3.26. The fourth-order valence-corrected chi connectivity index (χ4v) is 3.26. The average molecular weight is 376 g/mol. The van der Waals surface area contributed by atoms with Crippen molar-refractivity contribution in [3.63, 3.8) is 0 Å². The number of carbonyl (C=O) groups excluding carboxylic acids is 2. The van der Waals surface area contributed by atoms with E-state index in [-0.39, 0.29) is 25.0 Å². The Kier molecular flexibility index (Phi) is 5.94. The van der Waals surface area contributed by atoms with Crippen LogP contribution in [0.4, 0.5) is 5.69 Å². The van der Waals surface area contributed by atoms with Crippen molar-refractivity contribution in [1.29, 1.82) is 0 Å². The van der Waals surface area contributed by atoms with E-state index in [0.29, 0.717) is 5.75 Å². The summed E-state index contributed by atoms with van der Waals surface area (Å²) in [4.78, 5) is 24.3. The Labute approximate surface area is 164 Å². The van der Waals surface area contributed by atoms with Gasteiger partial charge in [0.25, 0.3) is 5.91 Å². The molecule has 0 atom stereocenters. The van der Waals surface area contributed by atoms with Crippen LogP contribution in [0.25, 0.3) is 10.8 Å². The van der Waals surface area contributed by atoms with Crippen molar-refractivity contribution in [3.05, 3.63) is 71.3 Å². The molecule has 0 saturated heterocycles. The fraction of sp³-hybridized carbons (Fsp3) is 0.217. The first-order valence-electron chi connectivity index (χ1n) is 9.19. The van der Waals surface area contributed by atoms with Gasteiger partial charge in [0.2, 0.25) is 5.91 Å². The van der Waals surface area contributed by atoms with Gasteiger partial charge in [0.15, 0.2) is 6.61 Å². The maximum atomic E-state index is 12.2. The van der Waals surface area contributed by atoms with Gasteiger partial charge in [-0.15, -0.1) is 0 Å². The number of carbonyl (C=O) groups is 2. The van der Waals surface area contributed by atoms with Crippen LogP contribution in [0.3, 0.4) is 0 Å². The predicted molar refractivity (Wildman–Crippen MR) is 112 cm³/mol. The number of rotatable bonds is 6. The summed E-state index contributed by atoms with van der Waals surface area (Å²) in [6.07, 6.45) is 0. The van der Waals surface area contributed by atoms with Gasteiger partial charge in [-0.05, 0) is 43.4 Å². The van der Waals surface area contributed by atoms with Crippen LogP contribution in [0.5, 0.6) is 5.75 Å². The molecule has 3 rings (SSSR count). The first kappa shape index (κ1) is 19.4. The van der Waals surface area contributed by atoms with Gasteiger partial charge in [0, 0.05) is 11.1 Å². The predicted octanol–water partition coefficient (Wildman–Crippen LogP) is 3.90. The van der Waals surface area contributed by atoms with Crippen LogP contribution in [-0.2, 0) is 9.59 Å². The molecular weight excluding hydrogens is 352 g/mol. The molecule has 5 nitrogen and oxygen atoms in total. The molecule has 5 heteroatoms. The smallest absolute Gasteiger partial charge is 0.258 e. The Morgan fingerprint density at radius 3 is 2.32 bits per heavy atom. The number of hydrogen-bond donors (Lipinski definition) is 2. The summed E-state index contributed by atoms with van der Waals surface area (Å²) < 4.78 is 5.64. The minimum atomic E-state index is -0.347. The largest absolute Gasteiger partial charge is 0.483 e. The number of ether oxygens (including phenoxy) is 1. The van der Waals surface area contributed by atoms with E-state index in [1.165, 1.54) is 0 Å². The van der Waals surface area contributed by atoms with Crippen molar-refractivity contribution in [2.75, 3.05) is 18.5 Å². The van der Waals surface area contributed by atoms with Gasteiger partial charge in [0.1, 0.15) is 5.75 Å². The molecule has 3 aromatic carbocycles. The van der Waals surface area contributed by atoms with E-state index in [0.717, 1.165) is 33.2 Å².